The number of nitrogens with one attached hydrogen (secondary N) is 1. The molecule has 2 aromatic carbocycles. The Morgan fingerprint density at radius 3 is 2.39 bits per heavy atom. The van der Waals surface area contributed by atoms with Crippen LogP contribution >= 0.6 is 11.6 Å². The topological polar surface area (TPSA) is 32.3 Å². The van der Waals surface area contributed by atoms with Crippen LogP contribution in [0.1, 0.15) is 30.1 Å². The van der Waals surface area contributed by atoms with Crippen LogP contribution in [0, 0.1) is 5.92 Å². The van der Waals surface area contributed by atoms with E-state index in [0.29, 0.717) is 10.6 Å². The lowest BCUT2D eigenvalue weighted by Crippen LogP contribution is -2.32. The molecule has 0 aromatic heterocycles. The van der Waals surface area contributed by atoms with Crippen LogP contribution in [0.4, 0.5) is 11.4 Å². The average molecular weight is 329 g/mol. The lowest BCUT2D eigenvalue weighted by Gasteiger charge is -2.32. The highest BCUT2D eigenvalue weighted by atomic mass is 35.5. The van der Waals surface area contributed by atoms with Crippen LogP contribution in [0.25, 0.3) is 0 Å². The number of piperidine rings is 1. The predicted molar refractivity (Wildman–Crippen MR) is 96.5 cm³/mol. The molecule has 3 nitrogen and oxygen atoms in total. The summed E-state index contributed by atoms with van der Waals surface area (Å²) in [6.45, 7) is 4.52. The number of hydrogen-bond acceptors (Lipinski definition) is 2. The zero-order chi connectivity index (χ0) is 16.2. The largest absolute Gasteiger partial charge is 0.372 e. The second-order valence-electron chi connectivity index (χ2n) is 6.15. The van der Waals surface area contributed by atoms with E-state index in [1.165, 1.54) is 18.5 Å². The molecule has 0 saturated carbocycles. The van der Waals surface area contributed by atoms with Gasteiger partial charge in [0.1, 0.15) is 0 Å². The molecule has 3 rings (SSSR count). The fraction of sp³-hybridized carbons (Fsp3) is 0.316. The van der Waals surface area contributed by atoms with Crippen LogP contribution in [-0.2, 0) is 0 Å². The fourth-order valence-corrected chi connectivity index (χ4v) is 3.09. The van der Waals surface area contributed by atoms with Gasteiger partial charge in [0.25, 0.3) is 5.91 Å². The molecule has 0 unspecified atom stereocenters. The van der Waals surface area contributed by atoms with Gasteiger partial charge in [0.15, 0.2) is 0 Å². The van der Waals surface area contributed by atoms with Gasteiger partial charge in [-0.25, -0.2) is 0 Å². The Balaban J connectivity index is 1.66. The van der Waals surface area contributed by atoms with Crippen molar-refractivity contribution in [2.45, 2.75) is 19.8 Å². The third kappa shape index (κ3) is 3.85. The van der Waals surface area contributed by atoms with Gasteiger partial charge in [0.05, 0.1) is 10.6 Å². The standard InChI is InChI=1S/C19H21ClN2O/c1-14-10-12-22(13-11-14)16-8-6-15(7-9-16)21-19(23)17-4-2-3-5-18(17)20/h2-9,14H,10-13H2,1H3,(H,21,23). The molecule has 120 valence electrons. The summed E-state index contributed by atoms with van der Waals surface area (Å²) in [6, 6.07) is 15.1. The molecule has 1 aliphatic heterocycles. The van der Waals surface area contributed by atoms with E-state index < -0.39 is 0 Å². The van der Waals surface area contributed by atoms with Crippen molar-refractivity contribution >= 4 is 28.9 Å². The molecule has 1 saturated heterocycles. The Labute approximate surface area is 142 Å². The number of nitrogens with zero attached hydrogens (tertiary/aromatic N) is 1. The zero-order valence-electron chi connectivity index (χ0n) is 13.3. The maximum absolute atomic E-state index is 12.3. The van der Waals surface area contributed by atoms with Crippen LogP contribution in [0.5, 0.6) is 0 Å². The molecule has 0 radical (unpaired) electrons. The minimum atomic E-state index is -0.185. The highest BCUT2D eigenvalue weighted by Gasteiger charge is 2.16. The predicted octanol–water partition coefficient (Wildman–Crippen LogP) is 4.83. The molecule has 0 aliphatic carbocycles. The molecule has 0 spiro atoms. The smallest absolute Gasteiger partial charge is 0.257 e. The second kappa shape index (κ2) is 7.05. The fourth-order valence-electron chi connectivity index (χ4n) is 2.87. The van der Waals surface area contributed by atoms with E-state index in [1.807, 2.05) is 18.2 Å². The second-order valence-corrected chi connectivity index (χ2v) is 6.56. The first kappa shape index (κ1) is 15.9. The summed E-state index contributed by atoms with van der Waals surface area (Å²) in [7, 11) is 0. The van der Waals surface area contributed by atoms with Crippen molar-refractivity contribution in [3.05, 3.63) is 59.1 Å². The monoisotopic (exact) mass is 328 g/mol. The zero-order valence-corrected chi connectivity index (χ0v) is 14.0. The summed E-state index contributed by atoms with van der Waals surface area (Å²) >= 11 is 6.06. The molecule has 1 N–H and O–H groups in total. The van der Waals surface area contributed by atoms with Crippen molar-refractivity contribution in [1.29, 1.82) is 0 Å². The maximum Gasteiger partial charge on any atom is 0.257 e. The molecule has 1 aliphatic rings. The Morgan fingerprint density at radius 2 is 1.74 bits per heavy atom. The van der Waals surface area contributed by atoms with Gasteiger partial charge in [-0.2, -0.15) is 0 Å². The molecule has 1 amide bonds. The van der Waals surface area contributed by atoms with Crippen molar-refractivity contribution in [2.75, 3.05) is 23.3 Å². The van der Waals surface area contributed by atoms with Gasteiger partial charge in [-0.05, 0) is 55.2 Å². The van der Waals surface area contributed by atoms with Crippen LogP contribution < -0.4 is 10.2 Å². The first-order valence-electron chi connectivity index (χ1n) is 8.04. The van der Waals surface area contributed by atoms with E-state index >= 15 is 0 Å². The molecule has 23 heavy (non-hydrogen) atoms. The number of benzene rings is 2. The number of anilines is 2. The molecular formula is C19H21ClN2O. The number of hydrogen-bond donors (Lipinski definition) is 1. The van der Waals surface area contributed by atoms with Gasteiger partial charge >= 0.3 is 0 Å². The summed E-state index contributed by atoms with van der Waals surface area (Å²) < 4.78 is 0. The van der Waals surface area contributed by atoms with Crippen LogP contribution in [0.15, 0.2) is 48.5 Å². The minimum Gasteiger partial charge on any atom is -0.372 e. The number of carbonyl (C=O) groups is 1. The van der Waals surface area contributed by atoms with E-state index in [9.17, 15) is 4.79 Å². The SMILES string of the molecule is CC1CCN(c2ccc(NC(=O)c3ccccc3Cl)cc2)CC1. The van der Waals surface area contributed by atoms with Crippen molar-refractivity contribution in [3.63, 3.8) is 0 Å². The van der Waals surface area contributed by atoms with Gasteiger partial charge in [-0.1, -0.05) is 30.7 Å². The lowest BCUT2D eigenvalue weighted by atomic mass is 9.99. The third-order valence-electron chi connectivity index (χ3n) is 4.39. The number of carbonyl (C=O) groups excluding carboxylic acids is 1. The Morgan fingerprint density at radius 1 is 1.09 bits per heavy atom. The van der Waals surface area contributed by atoms with Gasteiger partial charge in [0, 0.05) is 24.5 Å². The number of rotatable bonds is 3. The Kier molecular flexibility index (Phi) is 4.87. The molecular weight excluding hydrogens is 308 g/mol. The highest BCUT2D eigenvalue weighted by Crippen LogP contribution is 2.24. The van der Waals surface area contributed by atoms with E-state index in [4.69, 9.17) is 11.6 Å². The van der Waals surface area contributed by atoms with Crippen LogP contribution in [-0.4, -0.2) is 19.0 Å². The van der Waals surface area contributed by atoms with Crippen molar-refractivity contribution < 1.29 is 4.79 Å². The number of halogens is 1. The van der Waals surface area contributed by atoms with E-state index in [-0.39, 0.29) is 5.91 Å². The summed E-state index contributed by atoms with van der Waals surface area (Å²) in [5, 5.41) is 3.36. The summed E-state index contributed by atoms with van der Waals surface area (Å²) in [4.78, 5) is 14.7. The van der Waals surface area contributed by atoms with Crippen LogP contribution in [0.2, 0.25) is 5.02 Å². The van der Waals surface area contributed by atoms with E-state index in [2.05, 4.69) is 29.3 Å². The van der Waals surface area contributed by atoms with Gasteiger partial charge in [-0.15, -0.1) is 0 Å². The van der Waals surface area contributed by atoms with Crippen molar-refractivity contribution in [1.82, 2.24) is 0 Å². The quantitative estimate of drug-likeness (QED) is 0.875. The molecule has 0 bridgehead atoms. The molecule has 4 heteroatoms. The van der Waals surface area contributed by atoms with Crippen LogP contribution in [0.3, 0.4) is 0 Å². The summed E-state index contributed by atoms with van der Waals surface area (Å²) in [5.41, 5.74) is 2.49. The highest BCUT2D eigenvalue weighted by molar-refractivity contribution is 6.34. The average Bonchev–Trinajstić information content (AvgIpc) is 2.57. The summed E-state index contributed by atoms with van der Waals surface area (Å²) in [6.07, 6.45) is 2.48. The molecule has 2 aromatic rings. The Bertz CT molecular complexity index is 676. The lowest BCUT2D eigenvalue weighted by molar-refractivity contribution is 0.102. The Hall–Kier alpha value is -2.00. The van der Waals surface area contributed by atoms with E-state index in [1.54, 1.807) is 18.2 Å². The van der Waals surface area contributed by atoms with Gasteiger partial charge < -0.3 is 10.2 Å². The minimum absolute atomic E-state index is 0.185. The third-order valence-corrected chi connectivity index (χ3v) is 4.72. The van der Waals surface area contributed by atoms with Crippen molar-refractivity contribution in [3.8, 4) is 0 Å². The normalized spacial score (nSPS) is 15.5. The van der Waals surface area contributed by atoms with Gasteiger partial charge in [0.2, 0.25) is 0 Å². The molecule has 1 fully saturated rings. The van der Waals surface area contributed by atoms with E-state index in [0.717, 1.165) is 24.7 Å². The molecule has 1 heterocycles. The molecule has 0 atom stereocenters. The maximum atomic E-state index is 12.3. The number of amides is 1. The van der Waals surface area contributed by atoms with Gasteiger partial charge in [-0.3, -0.25) is 4.79 Å². The first-order chi connectivity index (χ1) is 11.1. The summed E-state index contributed by atoms with van der Waals surface area (Å²) in [5.74, 6) is 0.635. The van der Waals surface area contributed by atoms with Crippen molar-refractivity contribution in [2.24, 2.45) is 5.92 Å². The first-order valence-corrected chi connectivity index (χ1v) is 8.42.